The molecule has 0 aromatic carbocycles. The maximum absolute atomic E-state index is 8.95. The first-order valence-electron chi connectivity index (χ1n) is 7.85. The largest absolute Gasteiger partial charge is 0.296 e. The van der Waals surface area contributed by atoms with Crippen molar-refractivity contribution in [2.24, 2.45) is 23.7 Å². The van der Waals surface area contributed by atoms with Crippen LogP contribution in [0.3, 0.4) is 0 Å². The van der Waals surface area contributed by atoms with E-state index in [0.717, 1.165) is 36.3 Å². The minimum absolute atomic E-state index is 0.447. The Bertz CT molecular complexity index is 315. The molecule has 0 saturated heterocycles. The van der Waals surface area contributed by atoms with E-state index >= 15 is 0 Å². The monoisotopic (exact) mass is 246 g/mol. The summed E-state index contributed by atoms with van der Waals surface area (Å²) in [5.41, 5.74) is 0. The normalized spacial score (nSPS) is 43.1. The third-order valence-corrected chi connectivity index (χ3v) is 5.88. The summed E-state index contributed by atoms with van der Waals surface area (Å²) in [6.07, 6.45) is 8.14. The van der Waals surface area contributed by atoms with Crippen molar-refractivity contribution in [1.29, 1.82) is 5.26 Å². The fraction of sp³-hybridized carbons (Fsp3) is 0.938. The molecule has 0 amide bonds. The van der Waals surface area contributed by atoms with E-state index in [4.69, 9.17) is 5.26 Å². The van der Waals surface area contributed by atoms with Crippen LogP contribution in [0.4, 0.5) is 0 Å². The molecule has 2 nitrogen and oxygen atoms in total. The van der Waals surface area contributed by atoms with Gasteiger partial charge in [-0.05, 0) is 69.2 Å². The Morgan fingerprint density at radius 3 is 2.11 bits per heavy atom. The van der Waals surface area contributed by atoms with Gasteiger partial charge < -0.3 is 0 Å². The Morgan fingerprint density at radius 1 is 1.11 bits per heavy atom. The average molecular weight is 246 g/mol. The predicted octanol–water partition coefficient (Wildman–Crippen LogP) is 3.44. The van der Waals surface area contributed by atoms with Gasteiger partial charge >= 0.3 is 0 Å². The van der Waals surface area contributed by atoms with E-state index in [0.29, 0.717) is 12.5 Å². The first kappa shape index (κ1) is 12.5. The van der Waals surface area contributed by atoms with Crippen LogP contribution >= 0.6 is 0 Å². The van der Waals surface area contributed by atoms with Crippen LogP contribution in [0.2, 0.25) is 0 Å². The summed E-state index contributed by atoms with van der Waals surface area (Å²) < 4.78 is 0. The highest BCUT2D eigenvalue weighted by atomic mass is 15.2. The molecule has 4 aliphatic rings. The topological polar surface area (TPSA) is 27.0 Å². The first-order chi connectivity index (χ1) is 8.72. The number of rotatable bonds is 4. The molecule has 4 saturated carbocycles. The second-order valence-corrected chi connectivity index (χ2v) is 6.96. The second kappa shape index (κ2) is 4.85. The Morgan fingerprint density at radius 2 is 1.67 bits per heavy atom. The quantitative estimate of drug-likeness (QED) is 0.760. The molecular weight excluding hydrogens is 220 g/mol. The SMILES string of the molecule is CCN(C(C)CC#N)C1C2CC3CC(C2)CC1C3. The summed E-state index contributed by atoms with van der Waals surface area (Å²) in [4.78, 5) is 2.66. The van der Waals surface area contributed by atoms with E-state index < -0.39 is 0 Å². The Kier molecular flexibility index (Phi) is 3.36. The number of hydrogen-bond donors (Lipinski definition) is 0. The van der Waals surface area contributed by atoms with Crippen molar-refractivity contribution >= 4 is 0 Å². The molecule has 0 radical (unpaired) electrons. The molecule has 1 unspecified atom stereocenters. The van der Waals surface area contributed by atoms with Crippen LogP contribution in [-0.4, -0.2) is 23.5 Å². The van der Waals surface area contributed by atoms with Crippen molar-refractivity contribution < 1.29 is 0 Å². The average Bonchev–Trinajstić information content (AvgIpc) is 2.33. The smallest absolute Gasteiger partial charge is 0.0638 e. The van der Waals surface area contributed by atoms with Gasteiger partial charge in [-0.25, -0.2) is 0 Å². The van der Waals surface area contributed by atoms with E-state index in [-0.39, 0.29) is 0 Å². The van der Waals surface area contributed by atoms with Crippen LogP contribution in [0.25, 0.3) is 0 Å². The zero-order valence-corrected chi connectivity index (χ0v) is 11.8. The van der Waals surface area contributed by atoms with E-state index in [9.17, 15) is 0 Å². The van der Waals surface area contributed by atoms with Gasteiger partial charge in [0.25, 0.3) is 0 Å². The molecule has 4 rings (SSSR count). The third kappa shape index (κ3) is 1.97. The van der Waals surface area contributed by atoms with Gasteiger partial charge in [0.2, 0.25) is 0 Å². The van der Waals surface area contributed by atoms with E-state index in [1.165, 1.54) is 32.1 Å². The summed E-state index contributed by atoms with van der Waals surface area (Å²) in [6.45, 7) is 5.65. The van der Waals surface area contributed by atoms with Crippen LogP contribution < -0.4 is 0 Å². The second-order valence-electron chi connectivity index (χ2n) is 6.96. The summed E-state index contributed by atoms with van der Waals surface area (Å²) in [7, 11) is 0. The molecular formula is C16H26N2. The van der Waals surface area contributed by atoms with Gasteiger partial charge in [-0.1, -0.05) is 6.92 Å². The van der Waals surface area contributed by atoms with Gasteiger partial charge in [0.15, 0.2) is 0 Å². The Hall–Kier alpha value is -0.550. The van der Waals surface area contributed by atoms with Gasteiger partial charge in [-0.15, -0.1) is 0 Å². The molecule has 0 aliphatic heterocycles. The number of nitriles is 1. The van der Waals surface area contributed by atoms with Gasteiger partial charge in [0.05, 0.1) is 12.5 Å². The molecule has 2 heteroatoms. The van der Waals surface area contributed by atoms with Crippen molar-refractivity contribution in [3.05, 3.63) is 0 Å². The van der Waals surface area contributed by atoms with Gasteiger partial charge in [-0.3, -0.25) is 4.90 Å². The minimum atomic E-state index is 0.447. The Balaban J connectivity index is 1.76. The summed E-state index contributed by atoms with van der Waals surface area (Å²) in [5.74, 6) is 3.99. The highest BCUT2D eigenvalue weighted by Crippen LogP contribution is 2.55. The number of nitrogens with zero attached hydrogens (tertiary/aromatic N) is 2. The molecule has 0 heterocycles. The highest BCUT2D eigenvalue weighted by Gasteiger charge is 2.50. The molecule has 4 aliphatic carbocycles. The fourth-order valence-corrected chi connectivity index (χ4v) is 5.50. The van der Waals surface area contributed by atoms with E-state index in [2.05, 4.69) is 24.8 Å². The van der Waals surface area contributed by atoms with E-state index in [1.807, 2.05) is 0 Å². The predicted molar refractivity (Wildman–Crippen MR) is 72.9 cm³/mol. The van der Waals surface area contributed by atoms with Crippen molar-refractivity contribution in [1.82, 2.24) is 4.90 Å². The standard InChI is InChI=1S/C16H26N2/c1-3-18(11(2)4-5-17)16-14-7-12-6-13(9-14)10-15(16)8-12/h11-16H,3-4,6-10H2,1-2H3. The molecule has 4 fully saturated rings. The highest BCUT2D eigenvalue weighted by molar-refractivity contribution is 5.03. The van der Waals surface area contributed by atoms with Gasteiger partial charge in [-0.2, -0.15) is 5.26 Å². The molecule has 18 heavy (non-hydrogen) atoms. The lowest BCUT2D eigenvalue weighted by atomic mass is 9.53. The lowest BCUT2D eigenvalue weighted by Gasteiger charge is -2.58. The van der Waals surface area contributed by atoms with Gasteiger partial charge in [0, 0.05) is 12.1 Å². The van der Waals surface area contributed by atoms with E-state index in [1.54, 1.807) is 0 Å². The fourth-order valence-electron chi connectivity index (χ4n) is 5.50. The van der Waals surface area contributed by atoms with Crippen molar-refractivity contribution in [2.45, 2.75) is 64.5 Å². The minimum Gasteiger partial charge on any atom is -0.296 e. The number of hydrogen-bond acceptors (Lipinski definition) is 2. The lowest BCUT2D eigenvalue weighted by Crippen LogP contribution is -2.57. The zero-order chi connectivity index (χ0) is 12.7. The molecule has 0 N–H and O–H groups in total. The molecule has 100 valence electrons. The van der Waals surface area contributed by atoms with Crippen molar-refractivity contribution in [3.63, 3.8) is 0 Å². The van der Waals surface area contributed by atoms with Gasteiger partial charge in [0.1, 0.15) is 0 Å². The molecule has 0 spiro atoms. The van der Waals surface area contributed by atoms with Crippen molar-refractivity contribution in [2.75, 3.05) is 6.54 Å². The van der Waals surface area contributed by atoms with Crippen LogP contribution in [0.15, 0.2) is 0 Å². The van der Waals surface area contributed by atoms with Crippen LogP contribution in [0.5, 0.6) is 0 Å². The first-order valence-corrected chi connectivity index (χ1v) is 7.85. The maximum Gasteiger partial charge on any atom is 0.0638 e. The summed E-state index contributed by atoms with van der Waals surface area (Å²) >= 11 is 0. The summed E-state index contributed by atoms with van der Waals surface area (Å²) in [5, 5.41) is 8.95. The molecule has 4 bridgehead atoms. The van der Waals surface area contributed by atoms with Crippen LogP contribution in [-0.2, 0) is 0 Å². The molecule has 1 atom stereocenters. The molecule has 0 aromatic heterocycles. The lowest BCUT2D eigenvalue weighted by molar-refractivity contribution is -0.0744. The van der Waals surface area contributed by atoms with Crippen LogP contribution in [0.1, 0.15) is 52.4 Å². The molecule has 0 aromatic rings. The Labute approximate surface area is 111 Å². The summed E-state index contributed by atoms with van der Waals surface area (Å²) in [6, 6.07) is 3.61. The third-order valence-electron chi connectivity index (χ3n) is 5.88. The maximum atomic E-state index is 8.95. The zero-order valence-electron chi connectivity index (χ0n) is 11.8. The van der Waals surface area contributed by atoms with Crippen molar-refractivity contribution in [3.8, 4) is 6.07 Å². The van der Waals surface area contributed by atoms with Crippen LogP contribution in [0, 0.1) is 35.0 Å².